The first-order valence-electron chi connectivity index (χ1n) is 7.51. The monoisotopic (exact) mass is 363 g/mol. The molecular formula is C16H17N3O7. The van der Waals surface area contributed by atoms with Crippen molar-refractivity contribution in [3.05, 3.63) is 57.8 Å². The molecule has 1 aromatic carbocycles. The lowest BCUT2D eigenvalue weighted by Gasteiger charge is -2.20. The van der Waals surface area contributed by atoms with Crippen LogP contribution in [-0.4, -0.2) is 54.1 Å². The summed E-state index contributed by atoms with van der Waals surface area (Å²) >= 11 is 0. The number of nitro benzene ring substituents is 1. The van der Waals surface area contributed by atoms with Gasteiger partial charge >= 0.3 is 5.97 Å². The molecule has 0 unspecified atom stereocenters. The van der Waals surface area contributed by atoms with E-state index in [2.05, 4.69) is 9.72 Å². The number of amides is 1. The fourth-order valence-corrected chi connectivity index (χ4v) is 2.11. The molecule has 0 atom stereocenters. The third-order valence-electron chi connectivity index (χ3n) is 3.45. The van der Waals surface area contributed by atoms with Crippen molar-refractivity contribution in [2.45, 2.75) is 6.54 Å². The highest BCUT2D eigenvalue weighted by Crippen LogP contribution is 2.15. The van der Waals surface area contributed by atoms with E-state index in [0.717, 1.165) is 6.26 Å². The number of ether oxygens (including phenoxy) is 2. The van der Waals surface area contributed by atoms with E-state index in [-0.39, 0.29) is 48.4 Å². The van der Waals surface area contributed by atoms with Crippen LogP contribution in [0.4, 0.5) is 5.69 Å². The Bertz CT molecular complexity index is 785. The van der Waals surface area contributed by atoms with Gasteiger partial charge in [0.25, 0.3) is 11.6 Å². The van der Waals surface area contributed by atoms with Gasteiger partial charge in [0, 0.05) is 31.4 Å². The second-order valence-electron chi connectivity index (χ2n) is 5.14. The fraction of sp³-hybridized carbons (Fsp3) is 0.312. The second kappa shape index (κ2) is 8.72. The van der Waals surface area contributed by atoms with Crippen LogP contribution in [0.15, 0.2) is 34.9 Å². The number of oxazole rings is 1. The van der Waals surface area contributed by atoms with Crippen LogP contribution in [-0.2, 0) is 16.0 Å². The smallest absolute Gasteiger partial charge is 0.360 e. The molecule has 0 saturated carbocycles. The minimum Gasteiger partial charge on any atom is -0.464 e. The number of non-ortho nitro benzene ring substituents is 1. The number of aromatic nitrogens is 1. The Morgan fingerprint density at radius 1 is 1.27 bits per heavy atom. The van der Waals surface area contributed by atoms with Crippen LogP contribution in [0, 0.1) is 10.1 Å². The summed E-state index contributed by atoms with van der Waals surface area (Å²) in [5, 5.41) is 10.7. The zero-order chi connectivity index (χ0) is 19.1. The Morgan fingerprint density at radius 2 is 1.96 bits per heavy atom. The third-order valence-corrected chi connectivity index (χ3v) is 3.45. The molecule has 0 aliphatic carbocycles. The summed E-state index contributed by atoms with van der Waals surface area (Å²) in [7, 11) is 2.72. The van der Waals surface area contributed by atoms with Gasteiger partial charge in [-0.25, -0.2) is 9.78 Å². The first-order chi connectivity index (χ1) is 12.5. The Hall–Kier alpha value is -3.27. The molecule has 0 spiro atoms. The molecule has 2 rings (SSSR count). The van der Waals surface area contributed by atoms with Crippen molar-refractivity contribution >= 4 is 17.6 Å². The van der Waals surface area contributed by atoms with Gasteiger partial charge in [0.15, 0.2) is 5.69 Å². The molecule has 0 aliphatic rings. The number of esters is 1. The summed E-state index contributed by atoms with van der Waals surface area (Å²) in [6.45, 7) is 0.502. The molecule has 26 heavy (non-hydrogen) atoms. The summed E-state index contributed by atoms with van der Waals surface area (Å²) in [6.07, 6.45) is 1.14. The molecule has 1 amide bonds. The van der Waals surface area contributed by atoms with Crippen LogP contribution >= 0.6 is 0 Å². The maximum absolute atomic E-state index is 12.7. The summed E-state index contributed by atoms with van der Waals surface area (Å²) < 4.78 is 14.7. The third kappa shape index (κ3) is 4.63. The van der Waals surface area contributed by atoms with Gasteiger partial charge < -0.3 is 18.8 Å². The van der Waals surface area contributed by atoms with Crippen LogP contribution in [0.5, 0.6) is 0 Å². The molecule has 0 radical (unpaired) electrons. The highest BCUT2D eigenvalue weighted by Gasteiger charge is 2.20. The van der Waals surface area contributed by atoms with E-state index in [0.29, 0.717) is 0 Å². The highest BCUT2D eigenvalue weighted by atomic mass is 16.6. The number of carbonyl (C=O) groups excluding carboxylic acids is 2. The Morgan fingerprint density at radius 3 is 2.54 bits per heavy atom. The van der Waals surface area contributed by atoms with E-state index >= 15 is 0 Å². The van der Waals surface area contributed by atoms with Crippen LogP contribution in [0.2, 0.25) is 0 Å². The van der Waals surface area contributed by atoms with E-state index in [1.807, 2.05) is 0 Å². The Labute approximate surface area is 148 Å². The van der Waals surface area contributed by atoms with Gasteiger partial charge in [-0.15, -0.1) is 0 Å². The Kier molecular flexibility index (Phi) is 6.39. The number of nitrogens with zero attached hydrogens (tertiary/aromatic N) is 3. The topological polar surface area (TPSA) is 125 Å². The predicted octanol–water partition coefficient (Wildman–Crippen LogP) is 1.66. The molecule has 0 aliphatic heterocycles. The molecule has 0 fully saturated rings. The predicted molar refractivity (Wildman–Crippen MR) is 87.6 cm³/mol. The van der Waals surface area contributed by atoms with Gasteiger partial charge in [0.2, 0.25) is 5.89 Å². The summed E-state index contributed by atoms with van der Waals surface area (Å²) in [5.41, 5.74) is 0.156. The van der Waals surface area contributed by atoms with Crippen molar-refractivity contribution < 1.29 is 28.4 Å². The summed E-state index contributed by atoms with van der Waals surface area (Å²) in [6, 6.07) is 5.25. The lowest BCUT2D eigenvalue weighted by atomic mass is 10.2. The number of benzene rings is 1. The molecule has 10 heteroatoms. The average molecular weight is 363 g/mol. The lowest BCUT2D eigenvalue weighted by molar-refractivity contribution is -0.384. The van der Waals surface area contributed by atoms with Crippen LogP contribution < -0.4 is 0 Å². The van der Waals surface area contributed by atoms with Crippen molar-refractivity contribution in [2.24, 2.45) is 0 Å². The molecule has 10 nitrogen and oxygen atoms in total. The van der Waals surface area contributed by atoms with Crippen LogP contribution in [0.1, 0.15) is 26.7 Å². The number of rotatable bonds is 8. The van der Waals surface area contributed by atoms with Gasteiger partial charge in [-0.3, -0.25) is 14.9 Å². The van der Waals surface area contributed by atoms with Crippen molar-refractivity contribution in [1.82, 2.24) is 9.88 Å². The first-order valence-corrected chi connectivity index (χ1v) is 7.51. The van der Waals surface area contributed by atoms with Crippen LogP contribution in [0.25, 0.3) is 0 Å². The normalized spacial score (nSPS) is 10.4. The molecule has 2 aromatic rings. The van der Waals surface area contributed by atoms with Gasteiger partial charge in [-0.05, 0) is 12.1 Å². The number of hydrogen-bond acceptors (Lipinski definition) is 8. The van der Waals surface area contributed by atoms with E-state index < -0.39 is 10.9 Å². The number of methoxy groups -OCH3 is 2. The van der Waals surface area contributed by atoms with Crippen molar-refractivity contribution in [3.8, 4) is 0 Å². The maximum Gasteiger partial charge on any atom is 0.360 e. The Balaban J connectivity index is 2.17. The molecule has 0 bridgehead atoms. The van der Waals surface area contributed by atoms with E-state index in [1.165, 1.54) is 43.4 Å². The van der Waals surface area contributed by atoms with Crippen LogP contribution in [0.3, 0.4) is 0 Å². The first kappa shape index (κ1) is 19.1. The minimum atomic E-state index is -0.648. The maximum atomic E-state index is 12.7. The number of nitro groups is 1. The van der Waals surface area contributed by atoms with Gasteiger partial charge in [0.1, 0.15) is 6.26 Å². The van der Waals surface area contributed by atoms with E-state index in [9.17, 15) is 19.7 Å². The van der Waals surface area contributed by atoms with Crippen molar-refractivity contribution in [3.63, 3.8) is 0 Å². The van der Waals surface area contributed by atoms with Gasteiger partial charge in [0.05, 0.1) is 25.2 Å². The van der Waals surface area contributed by atoms with E-state index in [1.54, 1.807) is 0 Å². The molecule has 0 N–H and O–H groups in total. The summed E-state index contributed by atoms with van der Waals surface area (Å²) in [5.74, 6) is -0.878. The summed E-state index contributed by atoms with van der Waals surface area (Å²) in [4.78, 5) is 39.6. The number of carbonyl (C=O) groups is 2. The van der Waals surface area contributed by atoms with Gasteiger partial charge in [-0.1, -0.05) is 0 Å². The lowest BCUT2D eigenvalue weighted by Crippen LogP contribution is -2.33. The number of hydrogen-bond donors (Lipinski definition) is 0. The standard InChI is InChI=1S/C16H17N3O7/c1-24-8-7-18(9-14-17-13(10-26-14)16(21)25-2)15(20)11-3-5-12(6-4-11)19(22)23/h3-6,10H,7-9H2,1-2H3. The zero-order valence-electron chi connectivity index (χ0n) is 14.2. The molecule has 138 valence electrons. The quantitative estimate of drug-likeness (QED) is 0.394. The van der Waals surface area contributed by atoms with Gasteiger partial charge in [-0.2, -0.15) is 0 Å². The molecule has 1 aromatic heterocycles. The molecule has 1 heterocycles. The molecular weight excluding hydrogens is 346 g/mol. The fourth-order valence-electron chi connectivity index (χ4n) is 2.11. The van der Waals surface area contributed by atoms with Crippen molar-refractivity contribution in [1.29, 1.82) is 0 Å². The largest absolute Gasteiger partial charge is 0.464 e. The average Bonchev–Trinajstić information content (AvgIpc) is 3.12. The van der Waals surface area contributed by atoms with E-state index in [4.69, 9.17) is 9.15 Å². The SMILES string of the molecule is COCCN(Cc1nc(C(=O)OC)co1)C(=O)c1ccc([N+](=O)[O-])cc1. The zero-order valence-corrected chi connectivity index (χ0v) is 14.2. The highest BCUT2D eigenvalue weighted by molar-refractivity contribution is 5.94. The van der Waals surface area contributed by atoms with Crippen molar-refractivity contribution in [2.75, 3.05) is 27.4 Å². The second-order valence-corrected chi connectivity index (χ2v) is 5.14. The molecule has 0 saturated heterocycles. The minimum absolute atomic E-state index is 0.00280.